The summed E-state index contributed by atoms with van der Waals surface area (Å²) in [5.74, 6) is -0.125. The van der Waals surface area contributed by atoms with Crippen molar-refractivity contribution in [2.75, 3.05) is 23.4 Å². The number of sulfonamides is 1. The molecule has 0 aliphatic heterocycles. The van der Waals surface area contributed by atoms with Gasteiger partial charge in [-0.2, -0.15) is 0 Å². The number of benzene rings is 1. The molecule has 0 fully saturated rings. The van der Waals surface area contributed by atoms with E-state index in [0.717, 1.165) is 12.3 Å². The summed E-state index contributed by atoms with van der Waals surface area (Å²) in [4.78, 5) is 16.2. The van der Waals surface area contributed by atoms with Gasteiger partial charge in [0.2, 0.25) is 15.8 Å². The smallest absolute Gasteiger partial charge is 0.252 e. The van der Waals surface area contributed by atoms with Crippen LogP contribution in [0, 0.1) is 0 Å². The highest BCUT2D eigenvalue weighted by molar-refractivity contribution is 7.92. The molecular formula is C17H16Cl3N3O4S. The van der Waals surface area contributed by atoms with E-state index in [9.17, 15) is 13.2 Å². The molecule has 1 aromatic heterocycles. The summed E-state index contributed by atoms with van der Waals surface area (Å²) in [5, 5.41) is 2.96. The molecule has 2 N–H and O–H groups in total. The summed E-state index contributed by atoms with van der Waals surface area (Å²) in [6.07, 6.45) is 3.53. The number of ketones is 1. The molecule has 11 heteroatoms. The molecule has 28 heavy (non-hydrogen) atoms. The molecule has 1 aromatic carbocycles. The van der Waals surface area contributed by atoms with Crippen LogP contribution >= 0.6 is 34.8 Å². The van der Waals surface area contributed by atoms with Gasteiger partial charge in [0, 0.05) is 18.0 Å². The van der Waals surface area contributed by atoms with Crippen LogP contribution in [0.15, 0.2) is 48.7 Å². The number of nitrogens with one attached hydrogen (secondary N) is 2. The first kappa shape index (κ1) is 22.3. The lowest BCUT2D eigenvalue weighted by atomic mass is 10.1. The van der Waals surface area contributed by atoms with E-state index in [1.54, 1.807) is 36.4 Å². The molecule has 2 aromatic rings. The standard InChI is InChI=1S/C17H16Cl3N3O4S/c1-27-12-7-5-11(6-8-12)14(10-15(24)17(18,19)20)22-13-4-3-9-21-16(13)23-28(2,25)26/h3-10,22H,1-2H3,(H,21,23)/b14-10+. The number of methoxy groups -OCH3 is 1. The largest absolute Gasteiger partial charge is 0.497 e. The molecule has 0 atom stereocenters. The van der Waals surface area contributed by atoms with E-state index < -0.39 is 19.6 Å². The lowest BCUT2D eigenvalue weighted by molar-refractivity contribution is -0.113. The highest BCUT2D eigenvalue weighted by atomic mass is 35.6. The van der Waals surface area contributed by atoms with Gasteiger partial charge in [-0.05, 0) is 42.0 Å². The predicted molar refractivity (Wildman–Crippen MR) is 113 cm³/mol. The minimum absolute atomic E-state index is 0.0470. The molecule has 1 heterocycles. The molecule has 0 bridgehead atoms. The second kappa shape index (κ2) is 9.00. The van der Waals surface area contributed by atoms with Crippen molar-refractivity contribution in [1.29, 1.82) is 0 Å². The molecule has 150 valence electrons. The molecule has 0 saturated heterocycles. The van der Waals surface area contributed by atoms with Gasteiger partial charge < -0.3 is 10.1 Å². The number of carbonyl (C=O) groups is 1. The van der Waals surface area contributed by atoms with E-state index in [1.165, 1.54) is 13.3 Å². The Morgan fingerprint density at radius 2 is 1.82 bits per heavy atom. The van der Waals surface area contributed by atoms with Crippen molar-refractivity contribution in [3.05, 3.63) is 54.2 Å². The Balaban J connectivity index is 2.49. The number of carbonyl (C=O) groups excluding carboxylic acids is 1. The van der Waals surface area contributed by atoms with Gasteiger partial charge in [0.15, 0.2) is 5.82 Å². The second-order valence-electron chi connectivity index (χ2n) is 5.55. The van der Waals surface area contributed by atoms with Crippen LogP contribution in [-0.2, 0) is 14.8 Å². The van der Waals surface area contributed by atoms with Gasteiger partial charge in [-0.15, -0.1) is 0 Å². The Hall–Kier alpha value is -2.00. The first-order valence-corrected chi connectivity index (χ1v) is 10.7. The van der Waals surface area contributed by atoms with Gasteiger partial charge in [-0.3, -0.25) is 9.52 Å². The SMILES string of the molecule is COc1ccc(/C(=C\C(=O)C(Cl)(Cl)Cl)Nc2cccnc2NS(C)(=O)=O)cc1. The number of rotatable bonds is 7. The Morgan fingerprint density at radius 3 is 2.36 bits per heavy atom. The normalized spacial score (nSPS) is 12.4. The van der Waals surface area contributed by atoms with E-state index in [4.69, 9.17) is 39.5 Å². The van der Waals surface area contributed by atoms with Gasteiger partial charge in [0.1, 0.15) is 5.75 Å². The fourth-order valence-corrected chi connectivity index (χ4v) is 2.76. The summed E-state index contributed by atoms with van der Waals surface area (Å²) < 4.78 is 28.4. The fourth-order valence-electron chi connectivity index (χ4n) is 2.08. The summed E-state index contributed by atoms with van der Waals surface area (Å²) in [6, 6.07) is 9.91. The summed E-state index contributed by atoms with van der Waals surface area (Å²) in [7, 11) is -2.05. The third-order valence-electron chi connectivity index (χ3n) is 3.31. The van der Waals surface area contributed by atoms with Crippen LogP contribution in [0.25, 0.3) is 5.70 Å². The molecule has 0 radical (unpaired) electrons. The summed E-state index contributed by atoms with van der Waals surface area (Å²) in [5.41, 5.74) is 1.13. The van der Waals surface area contributed by atoms with Gasteiger partial charge in [0.05, 0.1) is 19.1 Å². The lowest BCUT2D eigenvalue weighted by Crippen LogP contribution is -2.18. The number of halogens is 3. The van der Waals surface area contributed by atoms with Gasteiger partial charge >= 0.3 is 0 Å². The first-order valence-electron chi connectivity index (χ1n) is 7.67. The van der Waals surface area contributed by atoms with E-state index in [0.29, 0.717) is 17.0 Å². The maximum Gasteiger partial charge on any atom is 0.252 e. The summed E-state index contributed by atoms with van der Waals surface area (Å²) in [6.45, 7) is 0. The molecule has 7 nitrogen and oxygen atoms in total. The van der Waals surface area contributed by atoms with Crippen molar-refractivity contribution in [3.8, 4) is 5.75 Å². The van der Waals surface area contributed by atoms with Crippen molar-refractivity contribution in [2.24, 2.45) is 0 Å². The number of hydrogen-bond donors (Lipinski definition) is 2. The molecular weight excluding hydrogens is 449 g/mol. The number of alkyl halides is 3. The Labute approximate surface area is 177 Å². The van der Waals surface area contributed by atoms with Gasteiger partial charge in [-0.1, -0.05) is 34.8 Å². The number of aromatic nitrogens is 1. The second-order valence-corrected chi connectivity index (χ2v) is 9.58. The zero-order valence-corrected chi connectivity index (χ0v) is 17.8. The van der Waals surface area contributed by atoms with E-state index in [-0.39, 0.29) is 11.5 Å². The van der Waals surface area contributed by atoms with E-state index in [2.05, 4.69) is 15.0 Å². The predicted octanol–water partition coefficient (Wildman–Crippen LogP) is 3.85. The van der Waals surface area contributed by atoms with Crippen molar-refractivity contribution in [2.45, 2.75) is 3.79 Å². The average Bonchev–Trinajstić information content (AvgIpc) is 2.60. The Kier molecular flexibility index (Phi) is 7.16. The maximum atomic E-state index is 12.2. The highest BCUT2D eigenvalue weighted by Crippen LogP contribution is 2.31. The highest BCUT2D eigenvalue weighted by Gasteiger charge is 2.29. The Bertz CT molecular complexity index is 987. The fraction of sp³-hybridized carbons (Fsp3) is 0.176. The number of ether oxygens (including phenoxy) is 1. The van der Waals surface area contributed by atoms with Crippen LogP contribution in [-0.4, -0.2) is 36.3 Å². The van der Waals surface area contributed by atoms with Crippen LogP contribution in [0.1, 0.15) is 5.56 Å². The van der Waals surface area contributed by atoms with Crippen molar-refractivity contribution >= 4 is 67.8 Å². The topological polar surface area (TPSA) is 97.4 Å². The quantitative estimate of drug-likeness (QED) is 0.477. The molecule has 0 aliphatic rings. The van der Waals surface area contributed by atoms with Crippen LogP contribution in [0.4, 0.5) is 11.5 Å². The van der Waals surface area contributed by atoms with Gasteiger partial charge in [-0.25, -0.2) is 13.4 Å². The van der Waals surface area contributed by atoms with Crippen LogP contribution in [0.2, 0.25) is 0 Å². The Morgan fingerprint density at radius 1 is 1.18 bits per heavy atom. The maximum absolute atomic E-state index is 12.2. The van der Waals surface area contributed by atoms with E-state index >= 15 is 0 Å². The molecule has 0 aliphatic carbocycles. The van der Waals surface area contributed by atoms with E-state index in [1.807, 2.05) is 0 Å². The number of hydrogen-bond acceptors (Lipinski definition) is 6. The van der Waals surface area contributed by atoms with Crippen molar-refractivity contribution in [1.82, 2.24) is 4.98 Å². The zero-order chi connectivity index (χ0) is 20.9. The average molecular weight is 465 g/mol. The number of pyridine rings is 1. The number of allylic oxidation sites excluding steroid dienone is 1. The minimum atomic E-state index is -3.57. The zero-order valence-electron chi connectivity index (χ0n) is 14.7. The molecule has 0 spiro atoms. The van der Waals surface area contributed by atoms with Crippen LogP contribution < -0.4 is 14.8 Å². The monoisotopic (exact) mass is 463 g/mol. The third-order valence-corrected chi connectivity index (χ3v) is 4.44. The molecule has 0 amide bonds. The first-order chi connectivity index (χ1) is 13.0. The molecule has 0 unspecified atom stereocenters. The lowest BCUT2D eigenvalue weighted by Gasteiger charge is -2.16. The third kappa shape index (κ3) is 6.56. The molecule has 0 saturated carbocycles. The minimum Gasteiger partial charge on any atom is -0.497 e. The van der Waals surface area contributed by atoms with Crippen molar-refractivity contribution in [3.63, 3.8) is 0 Å². The summed E-state index contributed by atoms with van der Waals surface area (Å²) >= 11 is 17.0. The van der Waals surface area contributed by atoms with Crippen LogP contribution in [0.5, 0.6) is 5.75 Å². The molecule has 2 rings (SSSR count). The van der Waals surface area contributed by atoms with Gasteiger partial charge in [0.25, 0.3) is 3.79 Å². The van der Waals surface area contributed by atoms with Crippen LogP contribution in [0.3, 0.4) is 0 Å². The van der Waals surface area contributed by atoms with Crippen molar-refractivity contribution < 1.29 is 17.9 Å². The number of nitrogens with zero attached hydrogens (tertiary/aromatic N) is 1. The number of anilines is 2.